The van der Waals surface area contributed by atoms with E-state index in [2.05, 4.69) is 11.3 Å². The van der Waals surface area contributed by atoms with Crippen LogP contribution in [0.4, 0.5) is 5.69 Å². The zero-order valence-electron chi connectivity index (χ0n) is 15.2. The molecule has 1 saturated heterocycles. The number of carbonyl (C=O) groups is 2. The van der Waals surface area contributed by atoms with E-state index in [9.17, 15) is 19.7 Å². The van der Waals surface area contributed by atoms with Gasteiger partial charge in [-0.2, -0.15) is 0 Å². The van der Waals surface area contributed by atoms with Gasteiger partial charge in [0.15, 0.2) is 11.5 Å². The van der Waals surface area contributed by atoms with Gasteiger partial charge in [0, 0.05) is 26.1 Å². The largest absolute Gasteiger partial charge is 0.493 e. The minimum absolute atomic E-state index is 0.00708. The number of hydrogen-bond acceptors (Lipinski definition) is 7. The van der Waals surface area contributed by atoms with Crippen molar-refractivity contribution in [3.63, 3.8) is 0 Å². The lowest BCUT2D eigenvalue weighted by Gasteiger charge is -2.16. The first kappa shape index (κ1) is 20.9. The first-order chi connectivity index (χ1) is 12.2. The van der Waals surface area contributed by atoms with Gasteiger partial charge in [0.25, 0.3) is 11.6 Å². The first-order valence-electron chi connectivity index (χ1n) is 7.66. The van der Waals surface area contributed by atoms with Crippen LogP contribution in [0.3, 0.4) is 0 Å². The zero-order chi connectivity index (χ0) is 19.9. The van der Waals surface area contributed by atoms with E-state index in [0.717, 1.165) is 5.57 Å². The Kier molecular flexibility index (Phi) is 7.57. The number of carbonyl (C=O) groups excluding carboxylic acids is 2. The smallest absolute Gasteiger partial charge is 0.302 e. The Morgan fingerprint density at radius 2 is 1.73 bits per heavy atom. The molecule has 1 amide bonds. The fourth-order valence-corrected chi connectivity index (χ4v) is 2.26. The lowest BCUT2D eigenvalue weighted by Crippen LogP contribution is -2.28. The summed E-state index contributed by atoms with van der Waals surface area (Å²) in [5.74, 6) is -0.151. The third kappa shape index (κ3) is 5.20. The average Bonchev–Trinajstić information content (AvgIpc) is 3.06. The van der Waals surface area contributed by atoms with Crippen LogP contribution < -0.4 is 9.47 Å². The molecule has 0 N–H and O–H groups in total. The zero-order valence-corrected chi connectivity index (χ0v) is 15.2. The summed E-state index contributed by atoms with van der Waals surface area (Å²) in [6.45, 7) is 6.13. The SMILES string of the molecule is C=C1CCN(C(=O)c2cc(OC)c(OC)cc2[N+](=O)[O-])C1.COC(C)=O. The standard InChI is InChI=1S/C14H16N2O5.C3H6O2/c1-9-4-5-15(8-9)14(17)10-6-12(20-2)13(21-3)7-11(10)16(18)19;1-3(4)5-2/h6-7H,1,4-5,8H2,2-3H3;1-2H3. The van der Waals surface area contributed by atoms with Crippen LogP contribution in [0.2, 0.25) is 0 Å². The summed E-state index contributed by atoms with van der Waals surface area (Å²) in [5, 5.41) is 11.2. The van der Waals surface area contributed by atoms with Crippen molar-refractivity contribution in [1.82, 2.24) is 4.90 Å². The van der Waals surface area contributed by atoms with Crippen molar-refractivity contribution >= 4 is 17.6 Å². The Labute approximate surface area is 151 Å². The van der Waals surface area contributed by atoms with Crippen LogP contribution in [-0.4, -0.2) is 56.1 Å². The second kappa shape index (κ2) is 9.40. The molecule has 1 aliphatic heterocycles. The Balaban J connectivity index is 0.000000597. The number of nitro groups is 1. The molecule has 1 heterocycles. The van der Waals surface area contributed by atoms with E-state index in [0.29, 0.717) is 19.5 Å². The highest BCUT2D eigenvalue weighted by Crippen LogP contribution is 2.35. The van der Waals surface area contributed by atoms with E-state index in [-0.39, 0.29) is 28.7 Å². The van der Waals surface area contributed by atoms with Crippen molar-refractivity contribution in [2.45, 2.75) is 13.3 Å². The van der Waals surface area contributed by atoms with Gasteiger partial charge in [-0.05, 0) is 6.42 Å². The molecule has 0 bridgehead atoms. The maximum atomic E-state index is 12.5. The number of rotatable bonds is 4. The number of esters is 1. The molecule has 1 fully saturated rings. The summed E-state index contributed by atoms with van der Waals surface area (Å²) in [7, 11) is 4.14. The molecule has 9 heteroatoms. The molecule has 1 aromatic rings. The van der Waals surface area contributed by atoms with Crippen LogP contribution in [-0.2, 0) is 9.53 Å². The van der Waals surface area contributed by atoms with Crippen LogP contribution in [0, 0.1) is 10.1 Å². The summed E-state index contributed by atoms with van der Waals surface area (Å²) in [6.07, 6.45) is 0.715. The summed E-state index contributed by atoms with van der Waals surface area (Å²) in [6, 6.07) is 2.55. The van der Waals surface area contributed by atoms with E-state index >= 15 is 0 Å². The van der Waals surface area contributed by atoms with Crippen molar-refractivity contribution < 1.29 is 28.7 Å². The summed E-state index contributed by atoms with van der Waals surface area (Å²) in [5.41, 5.74) is 0.633. The third-order valence-corrected chi connectivity index (χ3v) is 3.65. The minimum atomic E-state index is -0.597. The Morgan fingerprint density at radius 3 is 2.12 bits per heavy atom. The number of ether oxygens (including phenoxy) is 3. The highest BCUT2D eigenvalue weighted by Gasteiger charge is 2.29. The molecule has 142 valence electrons. The van der Waals surface area contributed by atoms with E-state index in [1.807, 2.05) is 0 Å². The summed E-state index contributed by atoms with van der Waals surface area (Å²) < 4.78 is 14.3. The number of nitrogens with zero attached hydrogens (tertiary/aromatic N) is 2. The molecule has 0 unspecified atom stereocenters. The number of amides is 1. The molecule has 1 aromatic carbocycles. The summed E-state index contributed by atoms with van der Waals surface area (Å²) in [4.78, 5) is 34.2. The van der Waals surface area contributed by atoms with Crippen molar-refractivity contribution in [3.05, 3.63) is 40.0 Å². The van der Waals surface area contributed by atoms with Crippen LogP contribution in [0.25, 0.3) is 0 Å². The number of methoxy groups -OCH3 is 3. The molecule has 26 heavy (non-hydrogen) atoms. The number of nitro benzene ring substituents is 1. The van der Waals surface area contributed by atoms with Crippen molar-refractivity contribution in [2.24, 2.45) is 0 Å². The molecule has 0 aliphatic carbocycles. The normalized spacial score (nSPS) is 12.8. The van der Waals surface area contributed by atoms with Gasteiger partial charge in [-0.25, -0.2) is 0 Å². The second-order valence-corrected chi connectivity index (χ2v) is 5.40. The minimum Gasteiger partial charge on any atom is -0.493 e. The van der Waals surface area contributed by atoms with Gasteiger partial charge < -0.3 is 19.1 Å². The maximum Gasteiger partial charge on any atom is 0.302 e. The monoisotopic (exact) mass is 366 g/mol. The molecule has 0 saturated carbocycles. The highest BCUT2D eigenvalue weighted by atomic mass is 16.6. The van der Waals surface area contributed by atoms with Gasteiger partial charge in [-0.1, -0.05) is 12.2 Å². The lowest BCUT2D eigenvalue weighted by molar-refractivity contribution is -0.385. The molecule has 0 atom stereocenters. The fraction of sp³-hybridized carbons (Fsp3) is 0.412. The Hall–Kier alpha value is -3.10. The van der Waals surface area contributed by atoms with Crippen molar-refractivity contribution in [2.75, 3.05) is 34.4 Å². The molecular weight excluding hydrogens is 344 g/mol. The molecular formula is C17H22N2O7. The molecule has 1 aliphatic rings. The number of hydrogen-bond donors (Lipinski definition) is 0. The van der Waals surface area contributed by atoms with Gasteiger partial charge in [-0.3, -0.25) is 19.7 Å². The topological polar surface area (TPSA) is 108 Å². The van der Waals surface area contributed by atoms with Crippen molar-refractivity contribution in [3.8, 4) is 11.5 Å². The fourth-order valence-electron chi connectivity index (χ4n) is 2.26. The van der Waals surface area contributed by atoms with Crippen LogP contribution in [0.15, 0.2) is 24.3 Å². The van der Waals surface area contributed by atoms with Crippen LogP contribution in [0.5, 0.6) is 11.5 Å². The average molecular weight is 366 g/mol. The molecule has 9 nitrogen and oxygen atoms in total. The number of benzene rings is 1. The van der Waals surface area contributed by atoms with Gasteiger partial charge in [0.2, 0.25) is 0 Å². The van der Waals surface area contributed by atoms with Crippen molar-refractivity contribution in [1.29, 1.82) is 0 Å². The third-order valence-electron chi connectivity index (χ3n) is 3.65. The Morgan fingerprint density at radius 1 is 1.19 bits per heavy atom. The Bertz CT molecular complexity index is 715. The molecule has 0 spiro atoms. The van der Waals surface area contributed by atoms with E-state index in [1.165, 1.54) is 45.3 Å². The quantitative estimate of drug-likeness (QED) is 0.348. The van der Waals surface area contributed by atoms with Gasteiger partial charge in [-0.15, -0.1) is 0 Å². The molecule has 2 rings (SSSR count). The molecule has 0 radical (unpaired) electrons. The van der Waals surface area contributed by atoms with E-state index in [4.69, 9.17) is 9.47 Å². The molecule has 0 aromatic heterocycles. The maximum absolute atomic E-state index is 12.5. The lowest BCUT2D eigenvalue weighted by atomic mass is 10.1. The van der Waals surface area contributed by atoms with Gasteiger partial charge in [0.1, 0.15) is 5.56 Å². The van der Waals surface area contributed by atoms with Gasteiger partial charge >= 0.3 is 5.97 Å². The predicted octanol–water partition coefficient (Wildman–Crippen LogP) is 2.19. The van der Waals surface area contributed by atoms with E-state index < -0.39 is 10.8 Å². The predicted molar refractivity (Wildman–Crippen MR) is 93.6 cm³/mol. The second-order valence-electron chi connectivity index (χ2n) is 5.40. The number of likely N-dealkylation sites (tertiary alicyclic amines) is 1. The van der Waals surface area contributed by atoms with E-state index in [1.54, 1.807) is 0 Å². The van der Waals surface area contributed by atoms with Gasteiger partial charge in [0.05, 0.1) is 32.3 Å². The summed E-state index contributed by atoms with van der Waals surface area (Å²) >= 11 is 0. The highest BCUT2D eigenvalue weighted by molar-refractivity contribution is 5.99. The van der Waals surface area contributed by atoms with Crippen LogP contribution >= 0.6 is 0 Å². The first-order valence-corrected chi connectivity index (χ1v) is 7.66. The van der Waals surface area contributed by atoms with Crippen LogP contribution in [0.1, 0.15) is 23.7 Å².